The summed E-state index contributed by atoms with van der Waals surface area (Å²) >= 11 is 0. The molecular weight excluding hydrogens is 284 g/mol. The minimum absolute atomic E-state index is 0.131. The topological polar surface area (TPSA) is 93.8 Å². The molecule has 6 heteroatoms. The van der Waals surface area contributed by atoms with Crippen LogP contribution in [0.2, 0.25) is 0 Å². The summed E-state index contributed by atoms with van der Waals surface area (Å²) < 4.78 is 11.3. The Balaban J connectivity index is 1.77. The molecule has 2 aromatic carbocycles. The predicted octanol–water partition coefficient (Wildman–Crippen LogP) is 2.76. The molecule has 1 heterocycles. The SMILES string of the molecule is Nc1ccc(Oc2ccc3c(c2)OCC3)cc1CNC(=O)O. The maximum Gasteiger partial charge on any atom is 0.404 e. The van der Waals surface area contributed by atoms with Gasteiger partial charge in [-0.25, -0.2) is 4.79 Å². The Morgan fingerprint density at radius 2 is 2.05 bits per heavy atom. The van der Waals surface area contributed by atoms with Crippen LogP contribution in [0.3, 0.4) is 0 Å². The van der Waals surface area contributed by atoms with Crippen LogP contribution in [-0.4, -0.2) is 17.8 Å². The van der Waals surface area contributed by atoms with E-state index in [1.165, 1.54) is 5.56 Å². The van der Waals surface area contributed by atoms with Crippen molar-refractivity contribution in [2.75, 3.05) is 12.3 Å². The van der Waals surface area contributed by atoms with Crippen LogP contribution in [0.1, 0.15) is 11.1 Å². The number of nitrogens with two attached hydrogens (primary N) is 1. The summed E-state index contributed by atoms with van der Waals surface area (Å²) in [5.41, 5.74) is 8.19. The van der Waals surface area contributed by atoms with E-state index >= 15 is 0 Å². The zero-order valence-corrected chi connectivity index (χ0v) is 11.8. The molecular formula is C16H16N2O4. The highest BCUT2D eigenvalue weighted by molar-refractivity contribution is 5.65. The lowest BCUT2D eigenvalue weighted by Crippen LogP contribution is -2.20. The van der Waals surface area contributed by atoms with E-state index in [1.54, 1.807) is 18.2 Å². The van der Waals surface area contributed by atoms with Crippen molar-refractivity contribution in [1.29, 1.82) is 0 Å². The second-order valence-corrected chi connectivity index (χ2v) is 4.99. The van der Waals surface area contributed by atoms with Gasteiger partial charge < -0.3 is 25.6 Å². The standard InChI is InChI=1S/C16H16N2O4/c17-14-4-3-12(7-11(14)9-18-16(19)20)22-13-2-1-10-5-6-21-15(10)8-13/h1-4,7-8,18H,5-6,9,17H2,(H,19,20). The third-order valence-corrected chi connectivity index (χ3v) is 3.45. The zero-order valence-electron chi connectivity index (χ0n) is 11.8. The molecule has 0 saturated heterocycles. The molecule has 1 amide bonds. The van der Waals surface area contributed by atoms with E-state index in [9.17, 15) is 4.79 Å². The first-order chi connectivity index (χ1) is 10.6. The van der Waals surface area contributed by atoms with Crippen molar-refractivity contribution in [3.63, 3.8) is 0 Å². The smallest absolute Gasteiger partial charge is 0.404 e. The summed E-state index contributed by atoms with van der Waals surface area (Å²) in [6.45, 7) is 0.831. The number of nitrogens with one attached hydrogen (secondary N) is 1. The van der Waals surface area contributed by atoms with Crippen molar-refractivity contribution in [3.05, 3.63) is 47.5 Å². The minimum Gasteiger partial charge on any atom is -0.493 e. The molecule has 0 spiro atoms. The van der Waals surface area contributed by atoms with Gasteiger partial charge in [0.2, 0.25) is 0 Å². The van der Waals surface area contributed by atoms with Crippen LogP contribution in [0, 0.1) is 0 Å². The molecule has 4 N–H and O–H groups in total. The Labute approximate surface area is 127 Å². The second kappa shape index (κ2) is 5.85. The third-order valence-electron chi connectivity index (χ3n) is 3.45. The van der Waals surface area contributed by atoms with Crippen LogP contribution in [0.5, 0.6) is 17.2 Å². The predicted molar refractivity (Wildman–Crippen MR) is 81.4 cm³/mol. The number of nitrogen functional groups attached to an aromatic ring is 1. The third kappa shape index (κ3) is 3.06. The Bertz CT molecular complexity index is 715. The Hall–Kier alpha value is -2.89. The maximum absolute atomic E-state index is 10.6. The summed E-state index contributed by atoms with van der Waals surface area (Å²) in [5.74, 6) is 2.11. The van der Waals surface area contributed by atoms with Gasteiger partial charge in [0.15, 0.2) is 0 Å². The number of carboxylic acid groups (broad SMARTS) is 1. The van der Waals surface area contributed by atoms with E-state index in [2.05, 4.69) is 5.32 Å². The number of hydrogen-bond donors (Lipinski definition) is 3. The molecule has 0 aromatic heterocycles. The molecule has 0 unspecified atom stereocenters. The van der Waals surface area contributed by atoms with E-state index in [4.69, 9.17) is 20.3 Å². The van der Waals surface area contributed by atoms with Crippen LogP contribution < -0.4 is 20.5 Å². The van der Waals surface area contributed by atoms with Crippen molar-refractivity contribution in [3.8, 4) is 17.2 Å². The van der Waals surface area contributed by atoms with Gasteiger partial charge in [-0.1, -0.05) is 6.07 Å². The molecule has 3 rings (SSSR count). The van der Waals surface area contributed by atoms with E-state index in [-0.39, 0.29) is 6.54 Å². The molecule has 22 heavy (non-hydrogen) atoms. The fourth-order valence-corrected chi connectivity index (χ4v) is 2.32. The number of hydrogen-bond acceptors (Lipinski definition) is 4. The molecule has 6 nitrogen and oxygen atoms in total. The molecule has 0 aliphatic carbocycles. The molecule has 0 saturated carbocycles. The highest BCUT2D eigenvalue weighted by Gasteiger charge is 2.13. The minimum atomic E-state index is -1.10. The first kappa shape index (κ1) is 14.1. The summed E-state index contributed by atoms with van der Waals surface area (Å²) in [4.78, 5) is 10.6. The van der Waals surface area contributed by atoms with Crippen LogP contribution in [0.4, 0.5) is 10.5 Å². The number of ether oxygens (including phenoxy) is 2. The summed E-state index contributed by atoms with van der Waals surface area (Å²) in [6, 6.07) is 10.9. The van der Waals surface area contributed by atoms with Gasteiger partial charge in [0.25, 0.3) is 0 Å². The fraction of sp³-hybridized carbons (Fsp3) is 0.188. The molecule has 1 aliphatic rings. The van der Waals surface area contributed by atoms with Crippen molar-refractivity contribution < 1.29 is 19.4 Å². The van der Waals surface area contributed by atoms with Crippen molar-refractivity contribution in [1.82, 2.24) is 5.32 Å². The van der Waals surface area contributed by atoms with Gasteiger partial charge in [0.05, 0.1) is 6.61 Å². The number of anilines is 1. The summed E-state index contributed by atoms with van der Waals surface area (Å²) in [7, 11) is 0. The number of fused-ring (bicyclic) bond motifs is 1. The van der Waals surface area contributed by atoms with Gasteiger partial charge in [0, 0.05) is 24.7 Å². The number of benzene rings is 2. The molecule has 2 aromatic rings. The van der Waals surface area contributed by atoms with E-state index < -0.39 is 6.09 Å². The summed E-state index contributed by atoms with van der Waals surface area (Å²) in [5, 5.41) is 11.0. The van der Waals surface area contributed by atoms with Gasteiger partial charge in [0.1, 0.15) is 17.2 Å². The molecule has 1 aliphatic heterocycles. The number of amides is 1. The average molecular weight is 300 g/mol. The van der Waals surface area contributed by atoms with E-state index in [0.29, 0.717) is 29.4 Å². The Morgan fingerprint density at radius 3 is 2.86 bits per heavy atom. The maximum atomic E-state index is 10.6. The highest BCUT2D eigenvalue weighted by Crippen LogP contribution is 2.32. The monoisotopic (exact) mass is 300 g/mol. The van der Waals surface area contributed by atoms with Crippen LogP contribution >= 0.6 is 0 Å². The lowest BCUT2D eigenvalue weighted by atomic mass is 10.1. The lowest BCUT2D eigenvalue weighted by Gasteiger charge is -2.11. The van der Waals surface area contributed by atoms with Crippen LogP contribution in [0.15, 0.2) is 36.4 Å². The fourth-order valence-electron chi connectivity index (χ4n) is 2.32. The zero-order chi connectivity index (χ0) is 15.5. The summed E-state index contributed by atoms with van der Waals surface area (Å²) in [6.07, 6.45) is -0.177. The molecule has 0 radical (unpaired) electrons. The van der Waals surface area contributed by atoms with Gasteiger partial charge in [-0.2, -0.15) is 0 Å². The Kier molecular flexibility index (Phi) is 3.74. The van der Waals surface area contributed by atoms with E-state index in [1.807, 2.05) is 18.2 Å². The number of rotatable bonds is 4. The highest BCUT2D eigenvalue weighted by atomic mass is 16.5. The van der Waals surface area contributed by atoms with Gasteiger partial charge in [-0.3, -0.25) is 0 Å². The van der Waals surface area contributed by atoms with Gasteiger partial charge >= 0.3 is 6.09 Å². The van der Waals surface area contributed by atoms with Gasteiger partial charge in [-0.05, 0) is 35.4 Å². The van der Waals surface area contributed by atoms with Crippen LogP contribution in [0.25, 0.3) is 0 Å². The quantitative estimate of drug-likeness (QED) is 0.755. The van der Waals surface area contributed by atoms with Crippen molar-refractivity contribution in [2.45, 2.75) is 13.0 Å². The molecule has 0 bridgehead atoms. The molecule has 0 fully saturated rings. The lowest BCUT2D eigenvalue weighted by molar-refractivity contribution is 0.194. The van der Waals surface area contributed by atoms with Crippen molar-refractivity contribution in [2.24, 2.45) is 0 Å². The first-order valence-corrected chi connectivity index (χ1v) is 6.90. The van der Waals surface area contributed by atoms with E-state index in [0.717, 1.165) is 12.2 Å². The number of carbonyl (C=O) groups is 1. The average Bonchev–Trinajstić information content (AvgIpc) is 2.95. The van der Waals surface area contributed by atoms with Crippen LogP contribution in [-0.2, 0) is 13.0 Å². The molecule has 114 valence electrons. The Morgan fingerprint density at radius 1 is 1.27 bits per heavy atom. The van der Waals surface area contributed by atoms with Gasteiger partial charge in [-0.15, -0.1) is 0 Å². The largest absolute Gasteiger partial charge is 0.493 e. The van der Waals surface area contributed by atoms with Crippen molar-refractivity contribution >= 4 is 11.8 Å². The second-order valence-electron chi connectivity index (χ2n) is 4.99. The first-order valence-electron chi connectivity index (χ1n) is 6.90. The molecule has 0 atom stereocenters. The normalized spacial score (nSPS) is 12.4.